The number of rotatable bonds is 5. The molecule has 0 N–H and O–H groups in total. The molecule has 8 nitrogen and oxygen atoms in total. The minimum atomic E-state index is -4.57. The highest BCUT2D eigenvalue weighted by Gasteiger charge is 2.38. The summed E-state index contributed by atoms with van der Waals surface area (Å²) in [6.45, 7) is 0.469. The molecule has 1 aliphatic heterocycles. The second-order valence-corrected chi connectivity index (χ2v) is 10.2. The molecule has 40 heavy (non-hydrogen) atoms. The number of carbonyl (C=O) groups is 3. The summed E-state index contributed by atoms with van der Waals surface area (Å²) in [4.78, 5) is 45.6. The van der Waals surface area contributed by atoms with Crippen LogP contribution in [0.4, 0.5) is 13.2 Å². The lowest BCUT2D eigenvalue weighted by Gasteiger charge is -2.43. The number of aromatic nitrogens is 2. The number of methoxy groups -OCH3 is 1. The van der Waals surface area contributed by atoms with Gasteiger partial charge in [0, 0.05) is 45.3 Å². The van der Waals surface area contributed by atoms with Crippen LogP contribution in [0.25, 0.3) is 0 Å². The zero-order valence-corrected chi connectivity index (χ0v) is 23.2. The predicted octanol–water partition coefficient (Wildman–Crippen LogP) is 5.30. The van der Waals surface area contributed by atoms with Gasteiger partial charge in [-0.3, -0.25) is 14.6 Å². The molecule has 0 spiro atoms. The Balaban J connectivity index is 1.63. The van der Waals surface area contributed by atoms with E-state index in [4.69, 9.17) is 27.9 Å². The van der Waals surface area contributed by atoms with E-state index < -0.39 is 35.6 Å². The Bertz CT molecular complexity index is 1440. The van der Waals surface area contributed by atoms with Crippen molar-refractivity contribution in [2.24, 2.45) is 7.05 Å². The summed E-state index contributed by atoms with van der Waals surface area (Å²) in [6.07, 6.45) is -3.59. The van der Waals surface area contributed by atoms with Crippen molar-refractivity contribution in [2.75, 3.05) is 27.2 Å². The number of pyridine rings is 1. The van der Waals surface area contributed by atoms with Gasteiger partial charge in [0.25, 0.3) is 11.8 Å². The molecule has 1 aliphatic rings. The topological polar surface area (TPSA) is 84.7 Å². The van der Waals surface area contributed by atoms with Gasteiger partial charge in [0.15, 0.2) is 0 Å². The van der Waals surface area contributed by atoms with Crippen LogP contribution in [0.3, 0.4) is 0 Å². The number of likely N-dealkylation sites (tertiary alicyclic amines) is 1. The molecule has 0 unspecified atom stereocenters. The number of carbonyl (C=O) groups excluding carboxylic acids is 3. The largest absolute Gasteiger partial charge is 0.464 e. The number of piperidine rings is 1. The van der Waals surface area contributed by atoms with E-state index in [2.05, 4.69) is 4.98 Å². The maximum atomic E-state index is 13.5. The van der Waals surface area contributed by atoms with Crippen molar-refractivity contribution in [1.29, 1.82) is 0 Å². The number of nitrogens with zero attached hydrogens (tertiary/aromatic N) is 4. The summed E-state index contributed by atoms with van der Waals surface area (Å²) in [5.74, 6) is -1.88. The number of amides is 2. The summed E-state index contributed by atoms with van der Waals surface area (Å²) < 4.78 is 45.1. The van der Waals surface area contributed by atoms with E-state index in [9.17, 15) is 27.6 Å². The molecule has 2 amide bonds. The van der Waals surface area contributed by atoms with Crippen LogP contribution in [0.5, 0.6) is 0 Å². The van der Waals surface area contributed by atoms with E-state index in [-0.39, 0.29) is 36.1 Å². The number of hydrogen-bond acceptors (Lipinski definition) is 5. The summed E-state index contributed by atoms with van der Waals surface area (Å²) in [5.41, 5.74) is 0.129. The van der Waals surface area contributed by atoms with Crippen molar-refractivity contribution >= 4 is 41.0 Å². The van der Waals surface area contributed by atoms with Crippen molar-refractivity contribution in [2.45, 2.75) is 24.6 Å². The molecule has 212 valence electrons. The van der Waals surface area contributed by atoms with Crippen molar-refractivity contribution in [3.63, 3.8) is 0 Å². The second-order valence-electron chi connectivity index (χ2n) is 9.39. The van der Waals surface area contributed by atoms with Gasteiger partial charge < -0.3 is 19.1 Å². The number of halogens is 5. The number of alkyl halides is 3. The molecule has 13 heteroatoms. The minimum Gasteiger partial charge on any atom is -0.464 e. The highest BCUT2D eigenvalue weighted by molar-refractivity contribution is 6.42. The average Bonchev–Trinajstić information content (AvgIpc) is 3.33. The van der Waals surface area contributed by atoms with Gasteiger partial charge in [-0.2, -0.15) is 13.2 Å². The van der Waals surface area contributed by atoms with Crippen molar-refractivity contribution in [1.82, 2.24) is 19.4 Å². The van der Waals surface area contributed by atoms with Gasteiger partial charge in [0.05, 0.1) is 22.7 Å². The maximum Gasteiger partial charge on any atom is 0.417 e. The first-order chi connectivity index (χ1) is 18.8. The number of hydrogen-bond donors (Lipinski definition) is 0. The van der Waals surface area contributed by atoms with Crippen molar-refractivity contribution < 1.29 is 32.3 Å². The fourth-order valence-corrected chi connectivity index (χ4v) is 5.18. The zero-order valence-electron chi connectivity index (χ0n) is 21.7. The van der Waals surface area contributed by atoms with Gasteiger partial charge in [-0.05, 0) is 48.4 Å². The van der Waals surface area contributed by atoms with E-state index in [1.54, 1.807) is 43.3 Å². The lowest BCUT2D eigenvalue weighted by atomic mass is 9.84. The van der Waals surface area contributed by atoms with Gasteiger partial charge >= 0.3 is 12.1 Å². The molecule has 3 aromatic rings. The quantitative estimate of drug-likeness (QED) is 0.373. The first kappa shape index (κ1) is 29.4. The number of ether oxygens (including phenoxy) is 1. The Kier molecular flexibility index (Phi) is 8.46. The number of esters is 1. The third kappa shape index (κ3) is 5.80. The maximum absolute atomic E-state index is 13.5. The lowest BCUT2D eigenvalue weighted by molar-refractivity contribution is -0.137. The second kappa shape index (κ2) is 11.5. The van der Waals surface area contributed by atoms with Gasteiger partial charge in [-0.15, -0.1) is 0 Å². The molecule has 2 aromatic heterocycles. The van der Waals surface area contributed by atoms with Crippen LogP contribution in [0.1, 0.15) is 54.9 Å². The van der Waals surface area contributed by atoms with E-state index in [1.165, 1.54) is 22.6 Å². The molecule has 3 heterocycles. The molecular formula is C27H25Cl2F3N4O4. The monoisotopic (exact) mass is 596 g/mol. The third-order valence-electron chi connectivity index (χ3n) is 7.10. The van der Waals surface area contributed by atoms with Gasteiger partial charge in [0.1, 0.15) is 17.1 Å². The molecule has 4 rings (SSSR count). The summed E-state index contributed by atoms with van der Waals surface area (Å²) in [6, 6.07) is 9.51. The molecular weight excluding hydrogens is 572 g/mol. The Morgan fingerprint density at radius 2 is 1.75 bits per heavy atom. The Morgan fingerprint density at radius 3 is 2.35 bits per heavy atom. The predicted molar refractivity (Wildman–Crippen MR) is 142 cm³/mol. The molecule has 1 fully saturated rings. The van der Waals surface area contributed by atoms with Crippen molar-refractivity contribution in [3.8, 4) is 0 Å². The van der Waals surface area contributed by atoms with E-state index in [0.717, 1.165) is 17.7 Å². The zero-order chi connectivity index (χ0) is 29.4. The van der Waals surface area contributed by atoms with Crippen LogP contribution in [0.2, 0.25) is 10.0 Å². The van der Waals surface area contributed by atoms with Crippen LogP contribution in [-0.4, -0.2) is 70.4 Å². The fraction of sp³-hybridized carbons (Fsp3) is 0.333. The van der Waals surface area contributed by atoms with E-state index >= 15 is 0 Å². The van der Waals surface area contributed by atoms with Gasteiger partial charge in [-0.1, -0.05) is 29.3 Å². The Labute approximate surface area is 238 Å². The smallest absolute Gasteiger partial charge is 0.417 e. The highest BCUT2D eigenvalue weighted by Crippen LogP contribution is 2.35. The standard InChI is InChI=1S/C27H25Cl2F3N4O4/c1-34-22(8-9-23(34)26(39)40-3)25(38)36-11-10-21(17(14-36)15-4-6-18(28)19(29)12-15)35(2)24(37)20-7-5-16(13-33-20)27(30,31)32/h4-9,12-13,17,21H,10-11,14H2,1-3H3/t17-,21+/m0/s1. The van der Waals surface area contributed by atoms with Crippen LogP contribution in [-0.2, 0) is 18.0 Å². The first-order valence-electron chi connectivity index (χ1n) is 12.1. The molecule has 0 saturated carbocycles. The highest BCUT2D eigenvalue weighted by atomic mass is 35.5. The SMILES string of the molecule is COC(=O)c1ccc(C(=O)N2CC[C@@H](N(C)C(=O)c3ccc(C(F)(F)F)cn3)[C@H](c3ccc(Cl)c(Cl)c3)C2)n1C. The summed E-state index contributed by atoms with van der Waals surface area (Å²) >= 11 is 12.4. The molecule has 0 radical (unpaired) electrons. The third-order valence-corrected chi connectivity index (χ3v) is 7.84. The van der Waals surface area contributed by atoms with Crippen LogP contribution in [0.15, 0.2) is 48.7 Å². The molecule has 1 aromatic carbocycles. The molecule has 0 aliphatic carbocycles. The van der Waals surface area contributed by atoms with E-state index in [0.29, 0.717) is 22.7 Å². The number of benzene rings is 1. The molecule has 1 saturated heterocycles. The van der Waals surface area contributed by atoms with Crippen LogP contribution >= 0.6 is 23.2 Å². The average molecular weight is 597 g/mol. The number of likely N-dealkylation sites (N-methyl/N-ethyl adjacent to an activating group) is 1. The minimum absolute atomic E-state index is 0.138. The van der Waals surface area contributed by atoms with Gasteiger partial charge in [-0.25, -0.2) is 4.79 Å². The summed E-state index contributed by atoms with van der Waals surface area (Å²) in [5, 5.41) is 0.633. The molecule has 2 atom stereocenters. The fourth-order valence-electron chi connectivity index (χ4n) is 4.88. The summed E-state index contributed by atoms with van der Waals surface area (Å²) in [7, 11) is 4.39. The normalized spacial score (nSPS) is 17.4. The van der Waals surface area contributed by atoms with Gasteiger partial charge in [0.2, 0.25) is 0 Å². The Hall–Kier alpha value is -3.57. The van der Waals surface area contributed by atoms with Crippen LogP contribution in [0, 0.1) is 0 Å². The molecule has 0 bridgehead atoms. The van der Waals surface area contributed by atoms with Crippen molar-refractivity contribution in [3.05, 3.63) is 86.9 Å². The van der Waals surface area contributed by atoms with Crippen LogP contribution < -0.4 is 0 Å². The van der Waals surface area contributed by atoms with E-state index in [1.807, 2.05) is 0 Å². The lowest BCUT2D eigenvalue weighted by Crippen LogP contribution is -2.52. The first-order valence-corrected chi connectivity index (χ1v) is 12.9. The Morgan fingerprint density at radius 1 is 1.05 bits per heavy atom.